The van der Waals surface area contributed by atoms with Gasteiger partial charge in [0.25, 0.3) is 0 Å². The summed E-state index contributed by atoms with van der Waals surface area (Å²) in [7, 11) is 1.29. The van der Waals surface area contributed by atoms with Gasteiger partial charge >= 0.3 is 12.1 Å². The molecule has 2 aromatic rings. The lowest BCUT2D eigenvalue weighted by Gasteiger charge is -2.33. The third-order valence-corrected chi connectivity index (χ3v) is 7.19. The Morgan fingerprint density at radius 3 is 2.56 bits per heavy atom. The lowest BCUT2D eigenvalue weighted by molar-refractivity contribution is -0.109. The highest BCUT2D eigenvalue weighted by Gasteiger charge is 2.28. The van der Waals surface area contributed by atoms with E-state index in [-0.39, 0.29) is 29.4 Å². The summed E-state index contributed by atoms with van der Waals surface area (Å²) in [4.78, 5) is 38.0. The number of methoxy groups -OCH3 is 1. The molecule has 8 nitrogen and oxygen atoms in total. The predicted octanol–water partition coefficient (Wildman–Crippen LogP) is 5.32. The lowest BCUT2D eigenvalue weighted by Crippen LogP contribution is -2.44. The van der Waals surface area contributed by atoms with Crippen molar-refractivity contribution in [2.24, 2.45) is 0 Å². The Hall–Kier alpha value is -2.59. The van der Waals surface area contributed by atoms with E-state index in [4.69, 9.17) is 18.9 Å². The first kappa shape index (κ1) is 26.0. The molecule has 0 N–H and O–H groups in total. The van der Waals surface area contributed by atoms with Gasteiger partial charge in [0.2, 0.25) is 0 Å². The Morgan fingerprint density at radius 2 is 1.94 bits per heavy atom. The van der Waals surface area contributed by atoms with Gasteiger partial charge < -0.3 is 23.8 Å². The molecule has 1 aliphatic rings. The van der Waals surface area contributed by atoms with E-state index in [0.29, 0.717) is 42.4 Å². The summed E-state index contributed by atoms with van der Waals surface area (Å²) < 4.78 is 22.6. The molecular formula is C24H28BrNO7S. The van der Waals surface area contributed by atoms with Crippen molar-refractivity contribution < 1.29 is 33.3 Å². The SMILES string of the molecule is COC(=O)c1sc(-c2cccc(OC3CCN(C(=O)OC(C)(C)C)CC3)c2)c(Br)c1OCC=O. The minimum absolute atomic E-state index is 0.0298. The van der Waals surface area contributed by atoms with Gasteiger partial charge in [-0.3, -0.25) is 4.79 Å². The molecule has 1 amide bonds. The molecule has 1 fully saturated rings. The zero-order valence-corrected chi connectivity index (χ0v) is 22.0. The molecule has 2 heterocycles. The summed E-state index contributed by atoms with van der Waals surface area (Å²) in [5.74, 6) is 0.422. The van der Waals surface area contributed by atoms with Gasteiger partial charge in [-0.1, -0.05) is 12.1 Å². The van der Waals surface area contributed by atoms with Gasteiger partial charge in [0.1, 0.15) is 24.1 Å². The molecular weight excluding hydrogens is 526 g/mol. The Bertz CT molecular complexity index is 1040. The van der Waals surface area contributed by atoms with Crippen LogP contribution < -0.4 is 9.47 Å². The van der Waals surface area contributed by atoms with Crippen LogP contribution >= 0.6 is 27.3 Å². The van der Waals surface area contributed by atoms with E-state index in [2.05, 4.69) is 15.9 Å². The van der Waals surface area contributed by atoms with E-state index in [0.717, 1.165) is 10.4 Å². The number of hydrogen-bond donors (Lipinski definition) is 0. The molecule has 34 heavy (non-hydrogen) atoms. The number of thiophene rings is 1. The fourth-order valence-electron chi connectivity index (χ4n) is 3.44. The highest BCUT2D eigenvalue weighted by atomic mass is 79.9. The van der Waals surface area contributed by atoms with Crippen molar-refractivity contribution in [2.45, 2.75) is 45.3 Å². The van der Waals surface area contributed by atoms with E-state index in [1.54, 1.807) is 4.90 Å². The number of benzene rings is 1. The normalized spacial score (nSPS) is 14.4. The second-order valence-corrected chi connectivity index (χ2v) is 10.5. The summed E-state index contributed by atoms with van der Waals surface area (Å²) in [6.45, 7) is 6.51. The molecule has 10 heteroatoms. The van der Waals surface area contributed by atoms with E-state index in [9.17, 15) is 14.4 Å². The average Bonchev–Trinajstić information content (AvgIpc) is 3.12. The molecule has 3 rings (SSSR count). The smallest absolute Gasteiger partial charge is 0.410 e. The lowest BCUT2D eigenvalue weighted by atomic mass is 10.1. The standard InChI is InChI=1S/C24H28BrNO7S/c1-24(2,3)33-23(29)26-10-8-16(9-11-26)32-17-7-5-6-15(14-17)20-18(25)19(31-13-12-27)21(34-20)22(28)30-4/h5-7,12,14,16H,8-11,13H2,1-4H3. The van der Waals surface area contributed by atoms with Gasteiger partial charge in [-0.05, 0) is 54.4 Å². The summed E-state index contributed by atoms with van der Waals surface area (Å²) >= 11 is 4.71. The Kier molecular flexibility index (Phi) is 8.59. The molecule has 1 aromatic heterocycles. The molecule has 0 spiro atoms. The van der Waals surface area contributed by atoms with Crippen LogP contribution in [0.1, 0.15) is 43.3 Å². The topological polar surface area (TPSA) is 91.4 Å². The van der Waals surface area contributed by atoms with Gasteiger partial charge in [-0.25, -0.2) is 9.59 Å². The Labute approximate surface area is 211 Å². The van der Waals surface area contributed by atoms with Gasteiger partial charge in [0, 0.05) is 25.9 Å². The number of likely N-dealkylation sites (tertiary alicyclic amines) is 1. The third kappa shape index (κ3) is 6.50. The first-order valence-electron chi connectivity index (χ1n) is 10.8. The fourth-order valence-corrected chi connectivity index (χ4v) is 5.41. The predicted molar refractivity (Wildman–Crippen MR) is 132 cm³/mol. The van der Waals surface area contributed by atoms with Crippen LogP contribution in [0.3, 0.4) is 0 Å². The van der Waals surface area contributed by atoms with E-state index in [1.807, 2.05) is 45.0 Å². The van der Waals surface area contributed by atoms with Crippen molar-refractivity contribution in [3.05, 3.63) is 33.6 Å². The number of carbonyl (C=O) groups is 3. The number of ether oxygens (including phenoxy) is 4. The number of piperidine rings is 1. The first-order chi connectivity index (χ1) is 16.1. The second-order valence-electron chi connectivity index (χ2n) is 8.69. The first-order valence-corrected chi connectivity index (χ1v) is 12.5. The number of aldehydes is 1. The van der Waals surface area contributed by atoms with Crippen molar-refractivity contribution in [1.29, 1.82) is 0 Å². The zero-order valence-electron chi connectivity index (χ0n) is 19.6. The Balaban J connectivity index is 1.71. The average molecular weight is 554 g/mol. The number of nitrogens with zero attached hydrogens (tertiary/aromatic N) is 1. The van der Waals surface area contributed by atoms with Crippen LogP contribution in [0.2, 0.25) is 0 Å². The molecule has 1 aromatic carbocycles. The number of carbonyl (C=O) groups excluding carboxylic acids is 3. The highest BCUT2D eigenvalue weighted by molar-refractivity contribution is 9.10. The number of amides is 1. The molecule has 0 saturated carbocycles. The summed E-state index contributed by atoms with van der Waals surface area (Å²) in [5.41, 5.74) is 0.305. The fraction of sp³-hybridized carbons (Fsp3) is 0.458. The van der Waals surface area contributed by atoms with Crippen LogP contribution in [0.4, 0.5) is 4.79 Å². The van der Waals surface area contributed by atoms with E-state index < -0.39 is 11.6 Å². The van der Waals surface area contributed by atoms with E-state index in [1.165, 1.54) is 18.4 Å². The minimum Gasteiger partial charge on any atom is -0.490 e. The van der Waals surface area contributed by atoms with Crippen LogP contribution in [0.15, 0.2) is 28.7 Å². The summed E-state index contributed by atoms with van der Waals surface area (Å²) in [6.07, 6.45) is 1.68. The molecule has 0 unspecified atom stereocenters. The van der Waals surface area contributed by atoms with Crippen LogP contribution in [-0.4, -0.2) is 61.8 Å². The van der Waals surface area contributed by atoms with Crippen molar-refractivity contribution in [3.63, 3.8) is 0 Å². The van der Waals surface area contributed by atoms with Crippen molar-refractivity contribution in [3.8, 4) is 21.9 Å². The number of hydrogen-bond acceptors (Lipinski definition) is 8. The van der Waals surface area contributed by atoms with Crippen LogP contribution in [0.5, 0.6) is 11.5 Å². The van der Waals surface area contributed by atoms with Crippen LogP contribution in [-0.2, 0) is 14.3 Å². The van der Waals surface area contributed by atoms with Crippen LogP contribution in [0, 0.1) is 0 Å². The van der Waals surface area contributed by atoms with Crippen molar-refractivity contribution in [2.75, 3.05) is 26.8 Å². The minimum atomic E-state index is -0.540. The van der Waals surface area contributed by atoms with Crippen molar-refractivity contribution in [1.82, 2.24) is 4.90 Å². The summed E-state index contributed by atoms with van der Waals surface area (Å²) in [6, 6.07) is 7.53. The molecule has 0 bridgehead atoms. The maximum atomic E-state index is 12.3. The Morgan fingerprint density at radius 1 is 1.24 bits per heavy atom. The van der Waals surface area contributed by atoms with Crippen LogP contribution in [0.25, 0.3) is 10.4 Å². The van der Waals surface area contributed by atoms with Gasteiger partial charge in [0.05, 0.1) is 16.5 Å². The number of rotatable bonds is 7. The second kappa shape index (κ2) is 11.2. The molecule has 1 saturated heterocycles. The molecule has 0 aliphatic carbocycles. The highest BCUT2D eigenvalue weighted by Crippen LogP contribution is 2.46. The third-order valence-electron chi connectivity index (χ3n) is 4.97. The van der Waals surface area contributed by atoms with Gasteiger partial charge in [-0.15, -0.1) is 11.3 Å². The molecule has 0 radical (unpaired) electrons. The number of esters is 1. The maximum absolute atomic E-state index is 12.3. The van der Waals surface area contributed by atoms with Crippen molar-refractivity contribution >= 4 is 45.6 Å². The largest absolute Gasteiger partial charge is 0.490 e. The maximum Gasteiger partial charge on any atom is 0.410 e. The zero-order chi connectivity index (χ0) is 24.9. The number of halogens is 1. The van der Waals surface area contributed by atoms with Gasteiger partial charge in [0.15, 0.2) is 16.9 Å². The molecule has 0 atom stereocenters. The van der Waals surface area contributed by atoms with Gasteiger partial charge in [-0.2, -0.15) is 0 Å². The molecule has 1 aliphatic heterocycles. The summed E-state index contributed by atoms with van der Waals surface area (Å²) in [5, 5.41) is 0. The quantitative estimate of drug-likeness (QED) is 0.338. The monoisotopic (exact) mass is 553 g/mol. The molecule has 184 valence electrons. The van der Waals surface area contributed by atoms with E-state index >= 15 is 0 Å².